The predicted octanol–water partition coefficient (Wildman–Crippen LogP) is 6.43. The Morgan fingerprint density at radius 1 is 0.720 bits per heavy atom. The van der Waals surface area contributed by atoms with E-state index < -0.39 is 6.83 Å². The molecule has 0 heterocycles. The summed E-state index contributed by atoms with van der Waals surface area (Å²) in [6.45, 7) is 6.31. The van der Waals surface area contributed by atoms with Crippen molar-refractivity contribution in [2.75, 3.05) is 24.6 Å². The summed E-state index contributed by atoms with van der Waals surface area (Å²) in [6.07, 6.45) is 13.7. The van der Waals surface area contributed by atoms with Crippen LogP contribution in [0.3, 0.4) is 0 Å². The van der Waals surface area contributed by atoms with Crippen LogP contribution in [0.2, 0.25) is 0 Å². The third kappa shape index (κ3) is 9.43. The Labute approximate surface area is 161 Å². The number of carbonyl (C=O) groups is 2. The predicted molar refractivity (Wildman–Crippen MR) is 115 cm³/mol. The van der Waals surface area contributed by atoms with Crippen LogP contribution < -0.4 is 0 Å². The van der Waals surface area contributed by atoms with Gasteiger partial charge in [-0.1, -0.05) is 0 Å². The van der Waals surface area contributed by atoms with Gasteiger partial charge < -0.3 is 0 Å². The van der Waals surface area contributed by atoms with Crippen molar-refractivity contribution in [3.05, 3.63) is 0 Å². The molecule has 0 aromatic rings. The number of rotatable bonds is 16. The molecule has 0 aliphatic heterocycles. The third-order valence-corrected chi connectivity index (χ3v) is 11.9. The summed E-state index contributed by atoms with van der Waals surface area (Å²) in [7, 11) is 0. The van der Waals surface area contributed by atoms with Crippen LogP contribution in [0.1, 0.15) is 91.9 Å². The first-order chi connectivity index (χ1) is 11.9. The fourth-order valence-corrected chi connectivity index (χ4v) is 10.6. The van der Waals surface area contributed by atoms with E-state index in [1.54, 1.807) is 0 Å². The van der Waals surface area contributed by atoms with Gasteiger partial charge in [0.1, 0.15) is 0 Å². The standard InChI is InChI=1S/C20H41O3PS/c1-5-9-15-24(16-10-6-2,17-11-7-3,18-12-8-4)23-19(21)13-14-20(22)25/h5-18H2,1-4H3,(H,22,25). The van der Waals surface area contributed by atoms with Crippen molar-refractivity contribution in [2.45, 2.75) is 91.9 Å². The molecule has 0 N–H and O–H groups in total. The zero-order chi connectivity index (χ0) is 19.2. The molecule has 0 aromatic heterocycles. The molecule has 0 spiro atoms. The SMILES string of the molecule is CCCCP(CCCC)(CCCC)(CCCC)OC(=O)CCC(=O)S. The van der Waals surface area contributed by atoms with Crippen LogP contribution in [0.4, 0.5) is 0 Å². The molecule has 3 nitrogen and oxygen atoms in total. The molecule has 0 fully saturated rings. The first kappa shape index (κ1) is 24.9. The Morgan fingerprint density at radius 2 is 1.08 bits per heavy atom. The molecule has 0 aliphatic rings. The number of thiol groups is 1. The van der Waals surface area contributed by atoms with Crippen LogP contribution in [0.25, 0.3) is 0 Å². The summed E-state index contributed by atoms with van der Waals surface area (Å²) in [6, 6.07) is 0. The van der Waals surface area contributed by atoms with Crippen molar-refractivity contribution in [1.29, 1.82) is 0 Å². The number of hydrogen-bond donors (Lipinski definition) is 1. The quantitative estimate of drug-likeness (QED) is 0.243. The summed E-state index contributed by atoms with van der Waals surface area (Å²) in [5.74, 6) is -0.167. The van der Waals surface area contributed by atoms with E-state index >= 15 is 0 Å². The molecular weight excluding hydrogens is 351 g/mol. The van der Waals surface area contributed by atoms with Crippen LogP contribution in [0.5, 0.6) is 0 Å². The van der Waals surface area contributed by atoms with Gasteiger partial charge in [-0.2, -0.15) is 0 Å². The van der Waals surface area contributed by atoms with Crippen LogP contribution >= 0.6 is 19.5 Å². The van der Waals surface area contributed by atoms with E-state index in [0.29, 0.717) is 0 Å². The van der Waals surface area contributed by atoms with Gasteiger partial charge in [0.25, 0.3) is 0 Å². The van der Waals surface area contributed by atoms with Gasteiger partial charge in [0.15, 0.2) is 0 Å². The van der Waals surface area contributed by atoms with Crippen LogP contribution in [-0.2, 0) is 14.1 Å². The van der Waals surface area contributed by atoms with E-state index in [0.717, 1.165) is 76.0 Å². The monoisotopic (exact) mass is 392 g/mol. The summed E-state index contributed by atoms with van der Waals surface area (Å²) >= 11 is 3.79. The van der Waals surface area contributed by atoms with Gasteiger partial charge >= 0.3 is 161 Å². The van der Waals surface area contributed by atoms with E-state index in [9.17, 15) is 9.59 Å². The summed E-state index contributed by atoms with van der Waals surface area (Å²) < 4.78 is 6.49. The van der Waals surface area contributed by atoms with Gasteiger partial charge in [-0.05, 0) is 0 Å². The molecule has 0 atom stereocenters. The number of unbranched alkanes of at least 4 members (excludes halogenated alkanes) is 4. The molecule has 25 heavy (non-hydrogen) atoms. The van der Waals surface area contributed by atoms with Gasteiger partial charge in [0.05, 0.1) is 0 Å². The van der Waals surface area contributed by atoms with E-state index in [2.05, 4.69) is 40.3 Å². The Morgan fingerprint density at radius 3 is 1.36 bits per heavy atom. The van der Waals surface area contributed by atoms with Crippen molar-refractivity contribution < 1.29 is 14.1 Å². The Hall–Kier alpha value is -0.0800. The topological polar surface area (TPSA) is 43.4 Å². The molecule has 0 saturated carbocycles. The fraction of sp³-hybridized carbons (Fsp3) is 0.900. The van der Waals surface area contributed by atoms with Crippen LogP contribution in [0, 0.1) is 0 Å². The van der Waals surface area contributed by atoms with Crippen molar-refractivity contribution in [2.24, 2.45) is 0 Å². The number of hydrogen-bond acceptors (Lipinski definition) is 3. The van der Waals surface area contributed by atoms with Crippen molar-refractivity contribution in [3.8, 4) is 0 Å². The van der Waals surface area contributed by atoms with Gasteiger partial charge in [-0.3, -0.25) is 0 Å². The summed E-state index contributed by atoms with van der Waals surface area (Å²) in [5, 5.41) is -0.235. The first-order valence-electron chi connectivity index (χ1n) is 10.3. The van der Waals surface area contributed by atoms with E-state index in [1.165, 1.54) is 0 Å². The van der Waals surface area contributed by atoms with Crippen molar-refractivity contribution in [3.63, 3.8) is 0 Å². The normalized spacial score (nSPS) is 13.2. The Balaban J connectivity index is 5.63. The second-order valence-electron chi connectivity index (χ2n) is 7.52. The van der Waals surface area contributed by atoms with Gasteiger partial charge in [-0.25, -0.2) is 0 Å². The van der Waals surface area contributed by atoms with E-state index in [4.69, 9.17) is 4.52 Å². The molecule has 0 aromatic carbocycles. The summed E-state index contributed by atoms with van der Waals surface area (Å²) in [5.41, 5.74) is 0. The first-order valence-corrected chi connectivity index (χ1v) is 13.7. The zero-order valence-corrected chi connectivity index (χ0v) is 18.8. The second kappa shape index (κ2) is 13.1. The second-order valence-corrected chi connectivity index (χ2v) is 13.7. The summed E-state index contributed by atoms with van der Waals surface area (Å²) in [4.78, 5) is 23.8. The molecule has 0 rings (SSSR count). The van der Waals surface area contributed by atoms with Crippen molar-refractivity contribution >= 4 is 30.5 Å². The third-order valence-electron chi connectivity index (χ3n) is 5.21. The van der Waals surface area contributed by atoms with Crippen LogP contribution in [-0.4, -0.2) is 35.7 Å². The minimum atomic E-state index is -2.55. The Kier molecular flexibility index (Phi) is 13.1. The molecule has 0 aliphatic carbocycles. The maximum absolute atomic E-state index is 12.6. The van der Waals surface area contributed by atoms with Gasteiger partial charge in [0.2, 0.25) is 0 Å². The maximum atomic E-state index is 12.6. The molecular formula is C20H41O3PS. The zero-order valence-electron chi connectivity index (χ0n) is 17.0. The fourth-order valence-electron chi connectivity index (χ4n) is 3.63. The average molecular weight is 393 g/mol. The van der Waals surface area contributed by atoms with Gasteiger partial charge in [0, 0.05) is 0 Å². The van der Waals surface area contributed by atoms with Crippen LogP contribution in [0.15, 0.2) is 0 Å². The molecule has 0 saturated heterocycles. The Bertz CT molecular complexity index is 355. The van der Waals surface area contributed by atoms with Gasteiger partial charge in [-0.15, -0.1) is 0 Å². The molecule has 0 amide bonds. The van der Waals surface area contributed by atoms with E-state index in [1.807, 2.05) is 0 Å². The van der Waals surface area contributed by atoms with E-state index in [-0.39, 0.29) is 23.9 Å². The molecule has 150 valence electrons. The minimum absolute atomic E-state index is 0.167. The number of carbonyl (C=O) groups excluding carboxylic acids is 2. The molecule has 0 unspecified atom stereocenters. The molecule has 0 radical (unpaired) electrons. The average Bonchev–Trinajstić information content (AvgIpc) is 2.60. The molecule has 5 heteroatoms. The van der Waals surface area contributed by atoms with Crippen molar-refractivity contribution in [1.82, 2.24) is 0 Å². The molecule has 0 bridgehead atoms.